The first-order chi connectivity index (χ1) is 9.19. The lowest BCUT2D eigenvalue weighted by molar-refractivity contribution is 0.414. The maximum absolute atomic E-state index is 5.17. The van der Waals surface area contributed by atoms with E-state index in [9.17, 15) is 0 Å². The van der Waals surface area contributed by atoms with E-state index in [4.69, 9.17) is 4.74 Å². The minimum atomic E-state index is 0.578. The second kappa shape index (κ2) is 6.42. The monoisotopic (exact) mass is 253 g/mol. The number of benzene rings is 2. The van der Waals surface area contributed by atoms with Crippen LogP contribution in [0.5, 0.6) is 5.75 Å². The van der Waals surface area contributed by atoms with E-state index >= 15 is 0 Å². The van der Waals surface area contributed by atoms with Crippen molar-refractivity contribution in [3.63, 3.8) is 0 Å². The molecule has 0 amide bonds. The Hall–Kier alpha value is -1.76. The van der Waals surface area contributed by atoms with Gasteiger partial charge in [0.25, 0.3) is 0 Å². The van der Waals surface area contributed by atoms with Crippen LogP contribution in [0.3, 0.4) is 0 Å². The van der Waals surface area contributed by atoms with Crippen molar-refractivity contribution in [2.24, 2.45) is 0 Å². The van der Waals surface area contributed by atoms with Crippen molar-refractivity contribution in [1.82, 2.24) is 0 Å². The molecule has 2 rings (SSSR count). The highest BCUT2D eigenvalue weighted by Crippen LogP contribution is 2.17. The Bertz CT molecular complexity index is 511. The maximum atomic E-state index is 5.17. The first kappa shape index (κ1) is 13.7. The predicted octanol–water partition coefficient (Wildman–Crippen LogP) is 4.40. The van der Waals surface area contributed by atoms with Crippen LogP contribution in [-0.4, -0.2) is 7.11 Å². The molecule has 2 aromatic rings. The van der Waals surface area contributed by atoms with Crippen LogP contribution in [0.4, 0.5) is 0 Å². The topological polar surface area (TPSA) is 9.23 Å². The zero-order valence-electron chi connectivity index (χ0n) is 11.9. The van der Waals surface area contributed by atoms with Crippen molar-refractivity contribution >= 4 is 0 Å². The zero-order valence-corrected chi connectivity index (χ0v) is 11.9. The molecule has 0 fully saturated rings. The molecule has 1 nitrogen and oxygen atoms in total. The van der Waals surface area contributed by atoms with E-state index in [0.717, 1.165) is 18.6 Å². The van der Waals surface area contributed by atoms with E-state index in [1.54, 1.807) is 7.11 Å². The molecule has 0 unspecified atom stereocenters. The summed E-state index contributed by atoms with van der Waals surface area (Å²) in [4.78, 5) is 0. The summed E-state index contributed by atoms with van der Waals surface area (Å²) in [6.45, 7) is 4.45. The Morgan fingerprint density at radius 2 is 1.79 bits per heavy atom. The molecule has 99 valence electrons. The lowest BCUT2D eigenvalue weighted by atomic mass is 9.98. The quantitative estimate of drug-likeness (QED) is 0.767. The van der Waals surface area contributed by atoms with Crippen LogP contribution in [0, 0.1) is 6.07 Å². The van der Waals surface area contributed by atoms with E-state index < -0.39 is 0 Å². The Kier molecular flexibility index (Phi) is 4.62. The summed E-state index contributed by atoms with van der Waals surface area (Å²) >= 11 is 0. The minimum Gasteiger partial charge on any atom is -0.497 e. The standard InChI is InChI=1S/C18H21O/c1-14(2)17-6-4-5-16(13-17)8-7-15-9-11-18(19-3)12-10-15/h4,6,9-14H,7-8H2,1-3H3. The van der Waals surface area contributed by atoms with Crippen LogP contribution < -0.4 is 4.74 Å². The Morgan fingerprint density at radius 3 is 2.42 bits per heavy atom. The van der Waals surface area contributed by atoms with Crippen LogP contribution in [0.2, 0.25) is 0 Å². The van der Waals surface area contributed by atoms with Gasteiger partial charge in [-0.25, -0.2) is 0 Å². The lowest BCUT2D eigenvalue weighted by Gasteiger charge is -2.08. The molecule has 0 aliphatic heterocycles. The van der Waals surface area contributed by atoms with Crippen LogP contribution >= 0.6 is 0 Å². The normalized spacial score (nSPS) is 10.7. The molecule has 19 heavy (non-hydrogen) atoms. The van der Waals surface area contributed by atoms with Crippen LogP contribution in [0.15, 0.2) is 42.5 Å². The summed E-state index contributed by atoms with van der Waals surface area (Å²) in [6, 6.07) is 18.1. The third-order valence-electron chi connectivity index (χ3n) is 3.39. The average Bonchev–Trinajstić information content (AvgIpc) is 2.46. The summed E-state index contributed by atoms with van der Waals surface area (Å²) in [5.74, 6) is 1.49. The summed E-state index contributed by atoms with van der Waals surface area (Å²) in [7, 11) is 1.70. The van der Waals surface area contributed by atoms with Crippen LogP contribution in [0.1, 0.15) is 36.5 Å². The van der Waals surface area contributed by atoms with Gasteiger partial charge in [-0.3, -0.25) is 0 Å². The lowest BCUT2D eigenvalue weighted by Crippen LogP contribution is -1.94. The fourth-order valence-corrected chi connectivity index (χ4v) is 2.11. The number of ether oxygens (including phenoxy) is 1. The summed E-state index contributed by atoms with van der Waals surface area (Å²) < 4.78 is 5.17. The Balaban J connectivity index is 1.99. The number of hydrogen-bond donors (Lipinski definition) is 0. The van der Waals surface area contributed by atoms with Crippen LogP contribution in [0.25, 0.3) is 0 Å². The molecule has 1 heteroatoms. The van der Waals surface area contributed by atoms with Gasteiger partial charge in [-0.15, -0.1) is 0 Å². The van der Waals surface area contributed by atoms with Gasteiger partial charge in [-0.05, 0) is 53.6 Å². The number of methoxy groups -OCH3 is 1. The fraction of sp³-hybridized carbons (Fsp3) is 0.333. The second-order valence-corrected chi connectivity index (χ2v) is 5.15. The molecule has 0 aliphatic rings. The molecule has 0 spiro atoms. The van der Waals surface area contributed by atoms with Crippen molar-refractivity contribution in [2.45, 2.75) is 32.6 Å². The van der Waals surface area contributed by atoms with Crippen molar-refractivity contribution in [1.29, 1.82) is 0 Å². The van der Waals surface area contributed by atoms with Gasteiger partial charge in [0.2, 0.25) is 0 Å². The maximum Gasteiger partial charge on any atom is 0.118 e. The first-order valence-corrected chi connectivity index (χ1v) is 6.82. The highest BCUT2D eigenvalue weighted by atomic mass is 16.5. The van der Waals surface area contributed by atoms with Gasteiger partial charge in [0.15, 0.2) is 0 Å². The van der Waals surface area contributed by atoms with Gasteiger partial charge < -0.3 is 4.74 Å². The van der Waals surface area contributed by atoms with E-state index in [1.807, 2.05) is 18.2 Å². The third-order valence-corrected chi connectivity index (χ3v) is 3.39. The molecular formula is C18H21O. The molecule has 0 atom stereocenters. The smallest absolute Gasteiger partial charge is 0.118 e. The molecular weight excluding hydrogens is 232 g/mol. The van der Waals surface area contributed by atoms with Crippen molar-refractivity contribution in [3.8, 4) is 5.75 Å². The molecule has 0 aliphatic carbocycles. The molecule has 0 aromatic heterocycles. The van der Waals surface area contributed by atoms with E-state index in [-0.39, 0.29) is 0 Å². The first-order valence-electron chi connectivity index (χ1n) is 6.82. The third kappa shape index (κ3) is 3.85. The molecule has 0 saturated carbocycles. The fourth-order valence-electron chi connectivity index (χ4n) is 2.11. The summed E-state index contributed by atoms with van der Waals surface area (Å²) in [5, 5.41) is 0. The molecule has 1 radical (unpaired) electrons. The molecule has 0 bridgehead atoms. The SMILES string of the molecule is COc1ccc(CCc2[c]ccc(C(C)C)c2)cc1. The summed E-state index contributed by atoms with van der Waals surface area (Å²) in [6.07, 6.45) is 2.08. The molecule has 2 aromatic carbocycles. The Labute approximate surface area is 116 Å². The van der Waals surface area contributed by atoms with E-state index in [0.29, 0.717) is 5.92 Å². The average molecular weight is 253 g/mol. The van der Waals surface area contributed by atoms with Gasteiger partial charge >= 0.3 is 0 Å². The highest BCUT2D eigenvalue weighted by Gasteiger charge is 2.01. The Morgan fingerprint density at radius 1 is 1.05 bits per heavy atom. The largest absolute Gasteiger partial charge is 0.497 e. The predicted molar refractivity (Wildman–Crippen MR) is 79.8 cm³/mol. The van der Waals surface area contributed by atoms with E-state index in [1.165, 1.54) is 16.7 Å². The van der Waals surface area contributed by atoms with Gasteiger partial charge in [0.05, 0.1) is 7.11 Å². The number of aryl methyl sites for hydroxylation is 2. The summed E-state index contributed by atoms with van der Waals surface area (Å²) in [5.41, 5.74) is 4.02. The highest BCUT2D eigenvalue weighted by molar-refractivity contribution is 5.29. The van der Waals surface area contributed by atoms with Gasteiger partial charge in [0, 0.05) is 0 Å². The van der Waals surface area contributed by atoms with Crippen molar-refractivity contribution in [3.05, 3.63) is 65.2 Å². The number of rotatable bonds is 5. The second-order valence-electron chi connectivity index (χ2n) is 5.15. The van der Waals surface area contributed by atoms with Crippen molar-refractivity contribution in [2.75, 3.05) is 7.11 Å². The van der Waals surface area contributed by atoms with Crippen molar-refractivity contribution < 1.29 is 4.74 Å². The van der Waals surface area contributed by atoms with Crippen LogP contribution in [-0.2, 0) is 12.8 Å². The minimum absolute atomic E-state index is 0.578. The zero-order chi connectivity index (χ0) is 13.7. The van der Waals surface area contributed by atoms with Gasteiger partial charge in [-0.2, -0.15) is 0 Å². The number of hydrogen-bond acceptors (Lipinski definition) is 1. The molecule has 0 N–H and O–H groups in total. The van der Waals surface area contributed by atoms with E-state index in [2.05, 4.69) is 44.2 Å². The van der Waals surface area contributed by atoms with Gasteiger partial charge in [-0.1, -0.05) is 44.2 Å². The molecule has 0 saturated heterocycles. The molecule has 0 heterocycles. The van der Waals surface area contributed by atoms with Gasteiger partial charge in [0.1, 0.15) is 5.75 Å².